The molecular weight excluding hydrogens is 1620 g/mol. The number of carbonyl (C=O) groups excluding carboxylic acids is 6. The first-order valence-corrected chi connectivity index (χ1v) is 48.1. The van der Waals surface area contributed by atoms with Gasteiger partial charge in [0.05, 0.1) is 52.3 Å². The Hall–Kier alpha value is -9.35. The van der Waals surface area contributed by atoms with Crippen molar-refractivity contribution in [2.24, 2.45) is 114 Å². The molecule has 1 aromatic carbocycles. The summed E-state index contributed by atoms with van der Waals surface area (Å²) in [6.45, 7) is 45.1. The third-order valence-corrected chi connectivity index (χ3v) is 32.2. The molecule has 8 aliphatic heterocycles. The number of ether oxygens (including phenoxy) is 2. The molecule has 15 heterocycles. The standard InChI is InChI=1S/C19H24N4O2.C17H26N4O.C17H22N2O2.C17H24N2O.C16H20N4O.C16H23N3O/c1-12-3-2-6-23-15(12)11-21-18(23)19(4-7-25-8-5-19)22-17(24)16-13-9-20-10-14(13)16;1-17(2,19-16(22)14-11-8-18-9-12(11)14)15-10-6-4-5-7-13(10)21(3)20-15;1-17(2,13-9-21-14-6-4-3-5-10(13)14)19-16(20)15-11-7-18-8-12(11)15;1-10-5-11(2)19-9-14(10)17(3,4)6-15(20)16-12-7-18-8-13(12)16;1-16(2,12-9-18-20-6-4-3-5-13(12)20)19-15(21)14-10-7-17-8-11(10)14;1-9-5-6-13(10(2)18-9)16(3,4)19-15(20)14-11-7-17-8-12(11)14/h2-3,6,11,13-14,16,20H,4-5,7-10H2,1H3,(H,22,24);11-12,14,18H,4-9H2,1-3H3,(H,19,22);3-6,11-13,15,18H,7-9H2,1-2H3,(H,19,20);5,9,12-13,16,18H,6-8H2,1-4H3;3-6,9-11,14,17H,7-8H2,1-2H3,(H,19,21);5-6,11-12,14,17H,7-8H2,1-4H3,(H,19,20)/t13-,14+,16?;11-,12+,14?;11-,12+,13?,15?;12-,13+,16?;10-,11+,14?;11-,12+,14?. The summed E-state index contributed by atoms with van der Waals surface area (Å²) < 4.78 is 17.4. The van der Waals surface area contributed by atoms with E-state index in [4.69, 9.17) is 19.6 Å². The molecule has 27 nitrogen and oxygen atoms in total. The van der Waals surface area contributed by atoms with Crippen LogP contribution in [0.2, 0.25) is 0 Å². The number of fused-ring (bicyclic) bond motifs is 10. The fourth-order valence-corrected chi connectivity index (χ4v) is 24.6. The number of benzene rings is 1. The van der Waals surface area contributed by atoms with Gasteiger partial charge in [-0.1, -0.05) is 50.2 Å². The van der Waals surface area contributed by atoms with Gasteiger partial charge < -0.3 is 72.4 Å². The molecule has 19 atom stereocenters. The maximum absolute atomic E-state index is 13.0. The monoisotopic (exact) mass is 1760 g/mol. The summed E-state index contributed by atoms with van der Waals surface area (Å²) in [4.78, 5) is 89.2. The maximum atomic E-state index is 13.0. The zero-order valence-corrected chi connectivity index (χ0v) is 78.7. The Bertz CT molecular complexity index is 5400. The molecule has 23 rings (SSSR count). The van der Waals surface area contributed by atoms with Crippen molar-refractivity contribution in [1.82, 2.24) is 97.2 Å². The molecule has 0 spiro atoms. The molecule has 129 heavy (non-hydrogen) atoms. The summed E-state index contributed by atoms with van der Waals surface area (Å²) in [6.07, 6.45) is 16.6. The summed E-state index contributed by atoms with van der Waals surface area (Å²) in [6, 6.07) is 24.4. The fraction of sp³-hybridized carbons (Fsp3) is 0.618. The molecule has 7 aromatic heterocycles. The second-order valence-electron chi connectivity index (χ2n) is 43.2. The Kier molecular flexibility index (Phi) is 24.7. The molecule has 0 bridgehead atoms. The van der Waals surface area contributed by atoms with E-state index in [2.05, 4.69) is 171 Å². The Morgan fingerprint density at radius 2 is 0.992 bits per heavy atom. The second kappa shape index (κ2) is 35.3. The van der Waals surface area contributed by atoms with Crippen LogP contribution in [0.1, 0.15) is 180 Å². The molecule has 15 aliphatic rings. The van der Waals surface area contributed by atoms with Gasteiger partial charge in [-0.25, -0.2) is 9.50 Å². The van der Waals surface area contributed by atoms with Crippen molar-refractivity contribution in [3.05, 3.63) is 177 Å². The lowest BCUT2D eigenvalue weighted by Crippen LogP contribution is -2.51. The maximum Gasteiger partial charge on any atom is 0.224 e. The van der Waals surface area contributed by atoms with Gasteiger partial charge in [-0.3, -0.25) is 43.4 Å². The highest BCUT2D eigenvalue weighted by molar-refractivity contribution is 5.87. The third kappa shape index (κ3) is 18.1. The van der Waals surface area contributed by atoms with Gasteiger partial charge in [-0.15, -0.1) is 0 Å². The van der Waals surface area contributed by atoms with Crippen LogP contribution in [0.4, 0.5) is 0 Å². The molecule has 6 saturated carbocycles. The first-order chi connectivity index (χ1) is 61.6. The number of hydrogen-bond acceptors (Lipinski definition) is 19. The predicted octanol–water partition coefficient (Wildman–Crippen LogP) is 8.94. The van der Waals surface area contributed by atoms with Crippen molar-refractivity contribution in [2.75, 3.05) is 98.4 Å². The van der Waals surface area contributed by atoms with E-state index >= 15 is 0 Å². The van der Waals surface area contributed by atoms with E-state index in [1.54, 1.807) is 0 Å². The number of hydrogen-bond donors (Lipinski definition) is 11. The predicted molar refractivity (Wildman–Crippen MR) is 495 cm³/mol. The van der Waals surface area contributed by atoms with Gasteiger partial charge in [-0.2, -0.15) is 10.2 Å². The number of rotatable bonds is 19. The molecule has 690 valence electrons. The number of piperidine rings is 6. The largest absolute Gasteiger partial charge is 0.493 e. The topological polar surface area (TPSA) is 331 Å². The highest BCUT2D eigenvalue weighted by atomic mass is 16.5. The van der Waals surface area contributed by atoms with Crippen molar-refractivity contribution in [2.45, 2.75) is 188 Å². The highest BCUT2D eigenvalue weighted by Crippen LogP contribution is 2.55. The number of aryl methyl sites for hydroxylation is 6. The number of aromatic nitrogens is 8. The van der Waals surface area contributed by atoms with Crippen molar-refractivity contribution in [3.8, 4) is 5.75 Å². The van der Waals surface area contributed by atoms with E-state index < -0.39 is 11.1 Å². The molecule has 0 radical (unpaired) electrons. The Labute approximate surface area is 760 Å². The third-order valence-electron chi connectivity index (χ3n) is 32.2. The van der Waals surface area contributed by atoms with Crippen molar-refractivity contribution in [1.29, 1.82) is 0 Å². The van der Waals surface area contributed by atoms with E-state index in [-0.39, 0.29) is 87.1 Å². The van der Waals surface area contributed by atoms with Gasteiger partial charge in [0.25, 0.3) is 0 Å². The minimum atomic E-state index is -0.431. The van der Waals surface area contributed by atoms with Crippen molar-refractivity contribution >= 4 is 46.4 Å². The van der Waals surface area contributed by atoms with Gasteiger partial charge in [0.1, 0.15) is 22.9 Å². The van der Waals surface area contributed by atoms with E-state index in [1.165, 1.54) is 46.4 Å². The lowest BCUT2D eigenvalue weighted by molar-refractivity contribution is -0.127. The molecule has 13 fully saturated rings. The smallest absolute Gasteiger partial charge is 0.224 e. The van der Waals surface area contributed by atoms with Gasteiger partial charge in [0.15, 0.2) is 0 Å². The molecule has 7 saturated heterocycles. The van der Waals surface area contributed by atoms with Gasteiger partial charge in [0, 0.05) is 139 Å². The van der Waals surface area contributed by atoms with Crippen LogP contribution in [0.25, 0.3) is 11.0 Å². The summed E-state index contributed by atoms with van der Waals surface area (Å²) >= 11 is 0. The van der Waals surface area contributed by atoms with Crippen LogP contribution in [0.5, 0.6) is 5.75 Å². The second-order valence-corrected chi connectivity index (χ2v) is 43.2. The minimum Gasteiger partial charge on any atom is -0.493 e. The number of imidazole rings is 1. The van der Waals surface area contributed by atoms with Gasteiger partial charge in [0.2, 0.25) is 29.5 Å². The number of nitrogens with one attached hydrogen (secondary N) is 11. The molecule has 8 aromatic rings. The summed E-state index contributed by atoms with van der Waals surface area (Å²) in [5, 5.41) is 45.6. The Morgan fingerprint density at radius 1 is 0.488 bits per heavy atom. The molecule has 7 aliphatic carbocycles. The number of Topliss-reactive ketones (excluding diaryl/α,β-unsaturated/α-hetero) is 1. The quantitative estimate of drug-likeness (QED) is 0.0360. The fourth-order valence-electron chi connectivity index (χ4n) is 24.6. The van der Waals surface area contributed by atoms with Crippen LogP contribution in [0, 0.1) is 141 Å². The molecule has 27 heteroatoms. The number of ketones is 1. The highest BCUT2D eigenvalue weighted by Gasteiger charge is 2.63. The zero-order chi connectivity index (χ0) is 90.7. The number of para-hydroxylation sites is 1. The van der Waals surface area contributed by atoms with E-state index in [1.807, 2.05) is 130 Å². The van der Waals surface area contributed by atoms with Crippen LogP contribution in [0.15, 0.2) is 104 Å². The Morgan fingerprint density at radius 3 is 1.54 bits per heavy atom. The first kappa shape index (κ1) is 90.2. The molecule has 5 amide bonds. The zero-order valence-electron chi connectivity index (χ0n) is 78.7. The molecule has 11 N–H and O–H groups in total. The minimum absolute atomic E-state index is 0.119. The summed E-state index contributed by atoms with van der Waals surface area (Å²) in [5.74, 6) is 11.7. The van der Waals surface area contributed by atoms with Crippen molar-refractivity contribution in [3.63, 3.8) is 0 Å². The number of pyridine rings is 4. The van der Waals surface area contributed by atoms with Crippen LogP contribution in [-0.2, 0) is 81.0 Å². The lowest BCUT2D eigenvalue weighted by Gasteiger charge is -2.37. The normalized spacial score (nSPS) is 29.6. The number of amides is 5. The summed E-state index contributed by atoms with van der Waals surface area (Å²) in [5.41, 5.74) is 14.0. The van der Waals surface area contributed by atoms with E-state index in [9.17, 15) is 28.8 Å². The Balaban J connectivity index is 0.000000105. The van der Waals surface area contributed by atoms with Crippen molar-refractivity contribution < 1.29 is 38.2 Å². The van der Waals surface area contributed by atoms with E-state index in [0.717, 1.165) is 161 Å². The lowest BCUT2D eigenvalue weighted by atomic mass is 9.78. The van der Waals surface area contributed by atoms with Gasteiger partial charge >= 0.3 is 0 Å². The van der Waals surface area contributed by atoms with E-state index in [0.29, 0.717) is 109 Å². The van der Waals surface area contributed by atoms with Crippen LogP contribution < -0.4 is 63.2 Å². The number of carbonyl (C=O) groups is 6. The first-order valence-electron chi connectivity index (χ1n) is 48.1. The van der Waals surface area contributed by atoms with Crippen LogP contribution >= 0.6 is 0 Å². The molecule has 7 unspecified atom stereocenters. The number of nitrogens with zero attached hydrogens (tertiary/aromatic N) is 8. The average Bonchev–Trinajstić information content (AvgIpc) is 1.58. The SMILES string of the molecule is CC(C)(NC(=O)C1[C@H]2CNC[C@@H]12)C1COc2ccccc21.CC(C)(NC(=O)C1[C@H]2CNC[C@@H]12)c1cnn2ccccc12.Cc1cc(C)c(C(C)(C)CC(=O)C2[C@H]3CNC[C@@H]23)cn1.Cc1ccc(C(C)(C)NC(=O)C2[C@H]3CNC[C@@H]23)c(C)n1.Cc1cccn2c(C3(NC(=O)C4[C@H]5CNC[C@@H]45)CCOCC3)ncc12.Cn1nc(C(C)(C)NC(=O)C2[C@H]3CNC[C@@H]23)c2c1CCCC2. The summed E-state index contributed by atoms with van der Waals surface area (Å²) in [7, 11) is 2.03. The van der Waals surface area contributed by atoms with Crippen LogP contribution in [0.3, 0.4) is 0 Å². The molecular formula is C102H139N19O8. The van der Waals surface area contributed by atoms with Gasteiger partial charge in [-0.05, 0) is 335 Å². The average molecular weight is 1760 g/mol. The van der Waals surface area contributed by atoms with Crippen LogP contribution in [-0.4, -0.2) is 178 Å².